The monoisotopic (exact) mass is 447 g/mol. The second-order valence-electron chi connectivity index (χ2n) is 9.74. The average Bonchev–Trinajstić information content (AvgIpc) is 3.14. The summed E-state index contributed by atoms with van der Waals surface area (Å²) in [6, 6.07) is 2.83. The number of hydrogen-bond donors (Lipinski definition) is 1. The summed E-state index contributed by atoms with van der Waals surface area (Å²) >= 11 is 0. The van der Waals surface area contributed by atoms with Gasteiger partial charge < -0.3 is 19.9 Å². The number of ether oxygens (including phenoxy) is 1. The van der Waals surface area contributed by atoms with E-state index < -0.39 is 6.43 Å². The molecule has 3 saturated heterocycles. The smallest absolute Gasteiger partial charge is 0.280 e. The molecule has 0 saturated carbocycles. The Kier molecular flexibility index (Phi) is 5.88. The van der Waals surface area contributed by atoms with Crippen molar-refractivity contribution < 1.29 is 13.5 Å². The Morgan fingerprint density at radius 1 is 1.16 bits per heavy atom. The van der Waals surface area contributed by atoms with E-state index in [4.69, 9.17) is 4.74 Å². The predicted molar refractivity (Wildman–Crippen MR) is 123 cm³/mol. The number of pyridine rings is 1. The molecular weight excluding hydrogens is 412 g/mol. The Morgan fingerprint density at radius 2 is 1.88 bits per heavy atom. The minimum Gasteiger partial charge on any atom is -0.366 e. The average molecular weight is 448 g/mol. The van der Waals surface area contributed by atoms with E-state index in [0.717, 1.165) is 64.3 Å². The van der Waals surface area contributed by atoms with Crippen molar-refractivity contribution in [3.8, 4) is 0 Å². The summed E-state index contributed by atoms with van der Waals surface area (Å²) in [5.41, 5.74) is 2.58. The Bertz CT molecular complexity index is 877. The van der Waals surface area contributed by atoms with Gasteiger partial charge in [0.1, 0.15) is 11.5 Å². The van der Waals surface area contributed by atoms with Gasteiger partial charge in [-0.15, -0.1) is 0 Å². The van der Waals surface area contributed by atoms with Crippen molar-refractivity contribution in [3.05, 3.63) is 29.0 Å². The minimum absolute atomic E-state index is 0.0798. The Labute approximate surface area is 189 Å². The van der Waals surface area contributed by atoms with Crippen LogP contribution in [0.4, 0.5) is 20.3 Å². The molecule has 0 aromatic carbocycles. The van der Waals surface area contributed by atoms with Crippen molar-refractivity contribution in [1.82, 2.24) is 15.2 Å². The topological polar surface area (TPSA) is 43.9 Å². The highest BCUT2D eigenvalue weighted by atomic mass is 19.3. The van der Waals surface area contributed by atoms with E-state index in [9.17, 15) is 8.78 Å². The molecule has 176 valence electrons. The van der Waals surface area contributed by atoms with Crippen molar-refractivity contribution in [2.75, 3.05) is 62.2 Å². The summed E-state index contributed by atoms with van der Waals surface area (Å²) in [6.07, 6.45) is 1.33. The third kappa shape index (κ3) is 3.70. The summed E-state index contributed by atoms with van der Waals surface area (Å²) in [6.45, 7) is 13.4. The molecule has 2 atom stereocenters. The Morgan fingerprint density at radius 3 is 2.47 bits per heavy atom. The highest BCUT2D eigenvalue weighted by Gasteiger charge is 2.42. The highest BCUT2D eigenvalue weighted by molar-refractivity contribution is 5.64. The number of alkyl halides is 2. The summed E-state index contributed by atoms with van der Waals surface area (Å²) in [4.78, 5) is 11.4. The quantitative estimate of drug-likeness (QED) is 0.716. The molecule has 32 heavy (non-hydrogen) atoms. The van der Waals surface area contributed by atoms with Crippen LogP contribution in [0.15, 0.2) is 17.7 Å². The third-order valence-corrected chi connectivity index (χ3v) is 8.20. The van der Waals surface area contributed by atoms with Crippen LogP contribution in [0.2, 0.25) is 0 Å². The zero-order chi connectivity index (χ0) is 22.5. The lowest BCUT2D eigenvalue weighted by Gasteiger charge is -2.54. The molecule has 1 aromatic heterocycles. The van der Waals surface area contributed by atoms with E-state index >= 15 is 0 Å². The molecule has 5 heterocycles. The first-order valence-electron chi connectivity index (χ1n) is 12.0. The normalized spacial score (nSPS) is 28.4. The zero-order valence-corrected chi connectivity index (χ0v) is 19.4. The molecule has 5 rings (SSSR count). The number of piperazine rings is 1. The molecule has 0 unspecified atom stereocenters. The van der Waals surface area contributed by atoms with Crippen LogP contribution in [0, 0.1) is 6.92 Å². The maximum absolute atomic E-state index is 14.0. The van der Waals surface area contributed by atoms with Gasteiger partial charge in [0.05, 0.1) is 12.2 Å². The number of rotatable bonds is 4. The van der Waals surface area contributed by atoms with Gasteiger partial charge in [-0.25, -0.2) is 13.8 Å². The number of hydrogen-bond acceptors (Lipinski definition) is 6. The highest BCUT2D eigenvalue weighted by Crippen LogP contribution is 2.41. The van der Waals surface area contributed by atoms with Crippen molar-refractivity contribution >= 4 is 11.5 Å². The second kappa shape index (κ2) is 8.54. The van der Waals surface area contributed by atoms with Crippen LogP contribution >= 0.6 is 0 Å². The van der Waals surface area contributed by atoms with E-state index in [2.05, 4.69) is 44.9 Å². The van der Waals surface area contributed by atoms with Gasteiger partial charge >= 0.3 is 0 Å². The van der Waals surface area contributed by atoms with Crippen LogP contribution in [0.25, 0.3) is 0 Å². The summed E-state index contributed by atoms with van der Waals surface area (Å²) in [7, 11) is 0. The van der Waals surface area contributed by atoms with Gasteiger partial charge in [-0.2, -0.15) is 0 Å². The maximum Gasteiger partial charge on any atom is 0.280 e. The second-order valence-corrected chi connectivity index (χ2v) is 9.74. The summed E-state index contributed by atoms with van der Waals surface area (Å²) in [5.74, 6) is 0.674. The van der Waals surface area contributed by atoms with E-state index in [1.807, 2.05) is 6.07 Å². The zero-order valence-electron chi connectivity index (χ0n) is 19.4. The molecular formula is C24H35F2N5O. The van der Waals surface area contributed by atoms with Crippen LogP contribution in [0.1, 0.15) is 44.4 Å². The molecule has 4 aliphatic rings. The number of piperidine rings is 1. The van der Waals surface area contributed by atoms with E-state index in [-0.39, 0.29) is 11.3 Å². The molecule has 6 nitrogen and oxygen atoms in total. The fourth-order valence-electron chi connectivity index (χ4n) is 5.88. The van der Waals surface area contributed by atoms with Gasteiger partial charge in [0.15, 0.2) is 0 Å². The number of aromatic nitrogens is 1. The molecule has 0 radical (unpaired) electrons. The van der Waals surface area contributed by atoms with Crippen molar-refractivity contribution in [3.63, 3.8) is 0 Å². The van der Waals surface area contributed by atoms with Crippen molar-refractivity contribution in [2.24, 2.45) is 0 Å². The van der Waals surface area contributed by atoms with E-state index in [1.165, 1.54) is 5.57 Å². The van der Waals surface area contributed by atoms with E-state index in [0.29, 0.717) is 30.1 Å². The number of nitrogens with one attached hydrogen (secondary N) is 1. The minimum atomic E-state index is -2.58. The van der Waals surface area contributed by atoms with Gasteiger partial charge in [0, 0.05) is 69.7 Å². The van der Waals surface area contributed by atoms with Gasteiger partial charge in [-0.05, 0) is 44.7 Å². The first kappa shape index (κ1) is 22.0. The van der Waals surface area contributed by atoms with Crippen LogP contribution in [-0.2, 0) is 4.74 Å². The van der Waals surface area contributed by atoms with Gasteiger partial charge in [0.25, 0.3) is 6.43 Å². The largest absolute Gasteiger partial charge is 0.366 e. The first-order valence-corrected chi connectivity index (χ1v) is 12.0. The lowest BCUT2D eigenvalue weighted by molar-refractivity contribution is -0.000390. The fourth-order valence-corrected chi connectivity index (χ4v) is 5.88. The van der Waals surface area contributed by atoms with Crippen LogP contribution in [0.3, 0.4) is 0 Å². The molecule has 1 spiro atoms. The van der Waals surface area contributed by atoms with Crippen LogP contribution < -0.4 is 15.1 Å². The Balaban J connectivity index is 1.36. The van der Waals surface area contributed by atoms with Crippen molar-refractivity contribution in [2.45, 2.75) is 57.7 Å². The number of nitrogens with zero attached hydrogens (tertiary/aromatic N) is 4. The molecule has 0 aliphatic carbocycles. The summed E-state index contributed by atoms with van der Waals surface area (Å²) < 4.78 is 34.0. The molecule has 1 N–H and O–H groups in total. The first-order chi connectivity index (χ1) is 15.4. The number of halogens is 2. The lowest BCUT2D eigenvalue weighted by Crippen LogP contribution is -2.68. The molecule has 4 aliphatic heterocycles. The van der Waals surface area contributed by atoms with Gasteiger partial charge in [-0.3, -0.25) is 4.90 Å². The van der Waals surface area contributed by atoms with Crippen LogP contribution in [0.5, 0.6) is 0 Å². The molecule has 8 heteroatoms. The molecule has 1 aromatic rings. The van der Waals surface area contributed by atoms with E-state index in [1.54, 1.807) is 6.92 Å². The number of anilines is 2. The molecule has 0 bridgehead atoms. The molecule has 0 amide bonds. The fraction of sp³-hybridized carbons (Fsp3) is 0.708. The molecule has 3 fully saturated rings. The third-order valence-electron chi connectivity index (χ3n) is 8.20. The van der Waals surface area contributed by atoms with Crippen molar-refractivity contribution in [1.29, 1.82) is 0 Å². The maximum atomic E-state index is 14.0. The predicted octanol–water partition coefficient (Wildman–Crippen LogP) is 3.13. The lowest BCUT2D eigenvalue weighted by atomic mass is 9.85. The standard InChI is InChI=1S/C24H35F2N5O/c1-16-4-13-32-24(16)5-9-30(10-6-24)21-14-19(17(2)22(28-21)23(25)26)31-15-20(18(31)3)29-11-7-27-8-12-29/h4,14,18,20,23,27H,5-13,15H2,1-3H3/t18-,20-/m1/s1. The van der Waals surface area contributed by atoms with Gasteiger partial charge in [0.2, 0.25) is 0 Å². The SMILES string of the molecule is CC1=CCOC12CCN(c1cc(N3C[C@@H](N4CCNCC4)[C@H]3C)c(C)c(C(F)F)n1)CC2. The van der Waals surface area contributed by atoms with Gasteiger partial charge in [-0.1, -0.05) is 6.08 Å². The summed E-state index contributed by atoms with van der Waals surface area (Å²) in [5, 5.41) is 3.40. The van der Waals surface area contributed by atoms with Crippen LogP contribution in [-0.4, -0.2) is 80.0 Å². The Hall–Kier alpha value is -1.77.